The van der Waals surface area contributed by atoms with Gasteiger partial charge in [0.2, 0.25) is 0 Å². The van der Waals surface area contributed by atoms with E-state index in [-0.39, 0.29) is 5.78 Å². The molecule has 0 aliphatic carbocycles. The van der Waals surface area contributed by atoms with Gasteiger partial charge in [-0.25, -0.2) is 0 Å². The van der Waals surface area contributed by atoms with Gasteiger partial charge in [0.15, 0.2) is 5.78 Å². The summed E-state index contributed by atoms with van der Waals surface area (Å²) in [6.07, 6.45) is 3.70. The molecule has 0 saturated carbocycles. The van der Waals surface area contributed by atoms with Crippen molar-refractivity contribution in [2.45, 2.75) is 13.8 Å². The fourth-order valence-corrected chi connectivity index (χ4v) is 1.19. The van der Waals surface area contributed by atoms with Crippen LogP contribution in [0.1, 0.15) is 29.8 Å². The zero-order valence-electron chi connectivity index (χ0n) is 9.08. The quantitative estimate of drug-likeness (QED) is 0.759. The van der Waals surface area contributed by atoms with Crippen molar-refractivity contribution in [3.8, 4) is 0 Å². The molecule has 0 bridgehead atoms. The van der Waals surface area contributed by atoms with Gasteiger partial charge in [0.25, 0.3) is 0 Å². The van der Waals surface area contributed by atoms with E-state index in [9.17, 15) is 4.79 Å². The van der Waals surface area contributed by atoms with Gasteiger partial charge in [0.05, 0.1) is 0 Å². The molecule has 0 spiro atoms. The molecule has 0 aliphatic rings. The Hall–Kier alpha value is -1.83. The second-order valence-corrected chi connectivity index (χ2v) is 3.26. The highest BCUT2D eigenvalue weighted by Gasteiger charge is 2.01. The Labute approximate surface area is 90.3 Å². The van der Waals surface area contributed by atoms with E-state index >= 15 is 0 Å². The molecule has 0 amide bonds. The molecule has 15 heavy (non-hydrogen) atoms. The Morgan fingerprint density at radius 2 is 2.07 bits per heavy atom. The van der Waals surface area contributed by atoms with Gasteiger partial charge in [0, 0.05) is 11.3 Å². The van der Waals surface area contributed by atoms with Crippen LogP contribution in [0.25, 0.3) is 5.70 Å². The Balaban J connectivity index is 2.90. The fourth-order valence-electron chi connectivity index (χ4n) is 1.19. The van der Waals surface area contributed by atoms with Crippen molar-refractivity contribution >= 4 is 11.5 Å². The molecule has 0 atom stereocenters. The van der Waals surface area contributed by atoms with E-state index in [1.165, 1.54) is 0 Å². The van der Waals surface area contributed by atoms with Crippen LogP contribution in [0.15, 0.2) is 43.1 Å². The molecule has 2 heteroatoms. The van der Waals surface area contributed by atoms with E-state index in [2.05, 4.69) is 11.9 Å². The van der Waals surface area contributed by atoms with Gasteiger partial charge < -0.3 is 5.32 Å². The average molecular weight is 201 g/mol. The second-order valence-electron chi connectivity index (χ2n) is 3.26. The summed E-state index contributed by atoms with van der Waals surface area (Å²) in [4.78, 5) is 11.2. The van der Waals surface area contributed by atoms with Crippen molar-refractivity contribution in [2.75, 3.05) is 0 Å². The number of Topliss-reactive ketones (excluding diaryl/α,β-unsaturated/α-hetero) is 1. The first-order valence-electron chi connectivity index (χ1n) is 4.83. The average Bonchev–Trinajstić information content (AvgIpc) is 2.26. The molecule has 1 aromatic rings. The van der Waals surface area contributed by atoms with Crippen molar-refractivity contribution in [3.05, 3.63) is 54.2 Å². The number of allylic oxidation sites excluding steroid dienone is 1. The van der Waals surface area contributed by atoms with Crippen molar-refractivity contribution in [1.29, 1.82) is 0 Å². The van der Waals surface area contributed by atoms with Gasteiger partial charge in [-0.3, -0.25) is 4.79 Å². The summed E-state index contributed by atoms with van der Waals surface area (Å²) in [7, 11) is 0. The topological polar surface area (TPSA) is 29.1 Å². The molecule has 1 N–H and O–H groups in total. The third kappa shape index (κ3) is 3.09. The minimum Gasteiger partial charge on any atom is -0.362 e. The molecule has 0 aromatic heterocycles. The SMILES string of the molecule is C=C(N/C=C\C)c1cccc(C(C)=O)c1. The molecule has 0 fully saturated rings. The summed E-state index contributed by atoms with van der Waals surface area (Å²) in [5, 5.41) is 3.03. The first-order valence-corrected chi connectivity index (χ1v) is 4.83. The number of nitrogens with one attached hydrogen (secondary N) is 1. The van der Waals surface area contributed by atoms with Crippen LogP contribution in [0, 0.1) is 0 Å². The Kier molecular flexibility index (Phi) is 3.86. The molecule has 1 aromatic carbocycles. The summed E-state index contributed by atoms with van der Waals surface area (Å²) < 4.78 is 0. The molecular formula is C13H15NO. The van der Waals surface area contributed by atoms with Crippen molar-refractivity contribution < 1.29 is 4.79 Å². The lowest BCUT2D eigenvalue weighted by Crippen LogP contribution is -2.03. The zero-order valence-corrected chi connectivity index (χ0v) is 9.08. The maximum atomic E-state index is 11.2. The predicted molar refractivity (Wildman–Crippen MR) is 63.4 cm³/mol. The van der Waals surface area contributed by atoms with Crippen molar-refractivity contribution in [3.63, 3.8) is 0 Å². The number of rotatable bonds is 4. The van der Waals surface area contributed by atoms with E-state index in [0.717, 1.165) is 11.3 Å². The van der Waals surface area contributed by atoms with Gasteiger partial charge in [-0.2, -0.15) is 0 Å². The first kappa shape index (κ1) is 11.2. The molecule has 0 aliphatic heterocycles. The van der Waals surface area contributed by atoms with Crippen LogP contribution in [0.5, 0.6) is 0 Å². The van der Waals surface area contributed by atoms with E-state index in [1.54, 1.807) is 13.0 Å². The van der Waals surface area contributed by atoms with E-state index < -0.39 is 0 Å². The van der Waals surface area contributed by atoms with Crippen molar-refractivity contribution in [1.82, 2.24) is 5.32 Å². The Bertz CT molecular complexity index is 405. The summed E-state index contributed by atoms with van der Waals surface area (Å²) in [6.45, 7) is 7.37. The maximum Gasteiger partial charge on any atom is 0.159 e. The number of carbonyl (C=O) groups excluding carboxylic acids is 1. The van der Waals surface area contributed by atoms with E-state index in [0.29, 0.717) is 5.56 Å². The summed E-state index contributed by atoms with van der Waals surface area (Å²) >= 11 is 0. The maximum absolute atomic E-state index is 11.2. The summed E-state index contributed by atoms with van der Waals surface area (Å²) in [6, 6.07) is 7.41. The first-order chi connectivity index (χ1) is 7.15. The monoisotopic (exact) mass is 201 g/mol. The molecular weight excluding hydrogens is 186 g/mol. The highest BCUT2D eigenvalue weighted by Crippen LogP contribution is 2.12. The smallest absolute Gasteiger partial charge is 0.159 e. The number of benzene rings is 1. The fraction of sp³-hybridized carbons (Fsp3) is 0.154. The highest BCUT2D eigenvalue weighted by molar-refractivity contribution is 5.94. The predicted octanol–water partition coefficient (Wildman–Crippen LogP) is 2.98. The highest BCUT2D eigenvalue weighted by atomic mass is 16.1. The largest absolute Gasteiger partial charge is 0.362 e. The molecule has 0 radical (unpaired) electrons. The Morgan fingerprint density at radius 3 is 2.67 bits per heavy atom. The summed E-state index contributed by atoms with van der Waals surface area (Å²) in [5.41, 5.74) is 2.42. The molecule has 0 unspecified atom stereocenters. The molecule has 0 saturated heterocycles. The molecule has 1 rings (SSSR count). The lowest BCUT2D eigenvalue weighted by Gasteiger charge is -2.06. The normalized spacial score (nSPS) is 10.3. The van der Waals surface area contributed by atoms with Crippen LogP contribution >= 0.6 is 0 Å². The van der Waals surface area contributed by atoms with Gasteiger partial charge >= 0.3 is 0 Å². The van der Waals surface area contributed by atoms with Gasteiger partial charge in [-0.1, -0.05) is 30.9 Å². The van der Waals surface area contributed by atoms with Crippen LogP contribution in [0.2, 0.25) is 0 Å². The van der Waals surface area contributed by atoms with E-state index in [1.807, 2.05) is 37.4 Å². The number of hydrogen-bond acceptors (Lipinski definition) is 2. The third-order valence-corrected chi connectivity index (χ3v) is 2.04. The van der Waals surface area contributed by atoms with E-state index in [4.69, 9.17) is 0 Å². The van der Waals surface area contributed by atoms with Crippen LogP contribution in [0.4, 0.5) is 0 Å². The van der Waals surface area contributed by atoms with Crippen LogP contribution < -0.4 is 5.32 Å². The number of hydrogen-bond donors (Lipinski definition) is 1. The number of ketones is 1. The van der Waals surface area contributed by atoms with Crippen LogP contribution in [0.3, 0.4) is 0 Å². The number of carbonyl (C=O) groups is 1. The van der Waals surface area contributed by atoms with Gasteiger partial charge in [-0.15, -0.1) is 0 Å². The summed E-state index contributed by atoms with van der Waals surface area (Å²) in [5.74, 6) is 0.0654. The minimum atomic E-state index is 0.0654. The van der Waals surface area contributed by atoms with Gasteiger partial charge in [-0.05, 0) is 31.7 Å². The van der Waals surface area contributed by atoms with Crippen LogP contribution in [-0.2, 0) is 0 Å². The van der Waals surface area contributed by atoms with Crippen molar-refractivity contribution in [2.24, 2.45) is 0 Å². The second kappa shape index (κ2) is 5.15. The lowest BCUT2D eigenvalue weighted by molar-refractivity contribution is 0.101. The molecule has 78 valence electrons. The van der Waals surface area contributed by atoms with Gasteiger partial charge in [0.1, 0.15) is 0 Å². The Morgan fingerprint density at radius 1 is 1.40 bits per heavy atom. The standard InChI is InChI=1S/C13H15NO/c1-4-8-14-10(2)12-6-5-7-13(9-12)11(3)15/h4-9,14H,2H2,1,3H3/b8-4-. The van der Waals surface area contributed by atoms with Crippen LogP contribution in [-0.4, -0.2) is 5.78 Å². The zero-order chi connectivity index (χ0) is 11.3. The molecule has 0 heterocycles. The third-order valence-electron chi connectivity index (χ3n) is 2.04. The lowest BCUT2D eigenvalue weighted by atomic mass is 10.1. The molecule has 2 nitrogen and oxygen atoms in total. The minimum absolute atomic E-state index is 0.0654.